The fourth-order valence-electron chi connectivity index (χ4n) is 4.68. The maximum Gasteiger partial charge on any atom is 0.119 e. The van der Waals surface area contributed by atoms with Gasteiger partial charge in [-0.15, -0.1) is 0 Å². The first-order valence-electron chi connectivity index (χ1n) is 11.8. The Balaban J connectivity index is 1.57. The molecular weight excluding hydrogens is 368 g/mol. The average molecular weight is 409 g/mol. The number of hydrogen-bond donors (Lipinski definition) is 1. The number of nitrogens with zero attached hydrogens (tertiary/aromatic N) is 1. The molecule has 0 radical (unpaired) electrons. The molecule has 1 aliphatic carbocycles. The van der Waals surface area contributed by atoms with Crippen LogP contribution in [0.15, 0.2) is 48.5 Å². The molecule has 0 bridgehead atoms. The summed E-state index contributed by atoms with van der Waals surface area (Å²) in [6, 6.07) is 17.8. The van der Waals surface area contributed by atoms with Gasteiger partial charge >= 0.3 is 0 Å². The van der Waals surface area contributed by atoms with Gasteiger partial charge in [-0.05, 0) is 86.9 Å². The third-order valence-corrected chi connectivity index (χ3v) is 6.31. The highest BCUT2D eigenvalue weighted by molar-refractivity contribution is 5.45. The lowest BCUT2D eigenvalue weighted by Gasteiger charge is -2.31. The summed E-state index contributed by atoms with van der Waals surface area (Å²) in [4.78, 5) is 2.14. The Labute approximate surface area is 183 Å². The molecule has 1 N–H and O–H groups in total. The topological polar surface area (TPSA) is 24.5 Å². The summed E-state index contributed by atoms with van der Waals surface area (Å²) in [7, 11) is 4.17. The largest absolute Gasteiger partial charge is 0.491 e. The van der Waals surface area contributed by atoms with E-state index in [4.69, 9.17) is 4.74 Å². The molecular formula is C27H40N2O. The molecule has 3 nitrogen and oxygen atoms in total. The molecule has 0 aromatic heterocycles. The van der Waals surface area contributed by atoms with E-state index in [0.29, 0.717) is 5.92 Å². The summed E-state index contributed by atoms with van der Waals surface area (Å²) in [5.74, 6) is 2.44. The van der Waals surface area contributed by atoms with Crippen molar-refractivity contribution in [2.24, 2.45) is 5.92 Å². The minimum absolute atomic E-state index is 0.223. The van der Waals surface area contributed by atoms with Gasteiger partial charge in [-0.25, -0.2) is 0 Å². The lowest BCUT2D eigenvalue weighted by molar-refractivity contribution is 0.242. The molecule has 1 aliphatic rings. The van der Waals surface area contributed by atoms with Crippen LogP contribution in [0.5, 0.6) is 5.75 Å². The monoisotopic (exact) mass is 408 g/mol. The molecule has 3 heteroatoms. The normalized spacial score (nSPS) is 15.9. The Hall–Kier alpha value is -2.00. The van der Waals surface area contributed by atoms with Crippen molar-refractivity contribution in [3.63, 3.8) is 0 Å². The van der Waals surface area contributed by atoms with Crippen LogP contribution >= 0.6 is 0 Å². The molecule has 0 saturated heterocycles. The first kappa shape index (κ1) is 22.7. The van der Waals surface area contributed by atoms with Gasteiger partial charge in [-0.3, -0.25) is 0 Å². The van der Waals surface area contributed by atoms with E-state index in [1.807, 2.05) is 0 Å². The van der Waals surface area contributed by atoms with Crippen molar-refractivity contribution in [3.05, 3.63) is 59.7 Å². The van der Waals surface area contributed by atoms with Crippen LogP contribution in [0.4, 0.5) is 5.69 Å². The lowest BCUT2D eigenvalue weighted by Crippen LogP contribution is -2.22. The zero-order valence-corrected chi connectivity index (χ0v) is 19.4. The van der Waals surface area contributed by atoms with Crippen LogP contribution < -0.4 is 15.0 Å². The maximum atomic E-state index is 5.85. The summed E-state index contributed by atoms with van der Waals surface area (Å²) in [6.45, 7) is 6.16. The van der Waals surface area contributed by atoms with Gasteiger partial charge in [0.2, 0.25) is 0 Å². The van der Waals surface area contributed by atoms with Crippen molar-refractivity contribution in [3.8, 4) is 5.75 Å². The SMILES string of the molecule is CC(C)Oc1ccc([C@H](CCNCc2ccc(N(C)C)cc2)C2CCCCC2)cc1. The van der Waals surface area contributed by atoms with Gasteiger partial charge in [-0.2, -0.15) is 0 Å². The number of rotatable bonds is 10. The third kappa shape index (κ3) is 6.77. The van der Waals surface area contributed by atoms with Gasteiger partial charge in [0.25, 0.3) is 0 Å². The van der Waals surface area contributed by atoms with Crippen LogP contribution in [-0.2, 0) is 6.54 Å². The molecule has 1 atom stereocenters. The second kappa shape index (κ2) is 11.4. The van der Waals surface area contributed by atoms with E-state index in [1.165, 1.54) is 55.3 Å². The summed E-state index contributed by atoms with van der Waals surface area (Å²) >= 11 is 0. The minimum Gasteiger partial charge on any atom is -0.491 e. The van der Waals surface area contributed by atoms with Crippen LogP contribution in [0, 0.1) is 5.92 Å². The molecule has 3 rings (SSSR count). The molecule has 0 heterocycles. The molecule has 2 aromatic carbocycles. The van der Waals surface area contributed by atoms with Crippen molar-refractivity contribution in [1.82, 2.24) is 5.32 Å². The molecule has 1 fully saturated rings. The molecule has 164 valence electrons. The second-order valence-electron chi connectivity index (χ2n) is 9.27. The van der Waals surface area contributed by atoms with Crippen molar-refractivity contribution in [2.45, 2.75) is 70.9 Å². The zero-order valence-electron chi connectivity index (χ0n) is 19.4. The number of hydrogen-bond acceptors (Lipinski definition) is 3. The number of anilines is 1. The Bertz CT molecular complexity index is 730. The predicted molar refractivity (Wildman–Crippen MR) is 129 cm³/mol. The molecule has 2 aromatic rings. The van der Waals surface area contributed by atoms with E-state index in [1.54, 1.807) is 0 Å². The Kier molecular flexibility index (Phi) is 8.62. The number of nitrogens with one attached hydrogen (secondary N) is 1. The molecule has 30 heavy (non-hydrogen) atoms. The van der Waals surface area contributed by atoms with Crippen molar-refractivity contribution in [2.75, 3.05) is 25.5 Å². The number of ether oxygens (including phenoxy) is 1. The highest BCUT2D eigenvalue weighted by atomic mass is 16.5. The quantitative estimate of drug-likeness (QED) is 0.461. The van der Waals surface area contributed by atoms with E-state index < -0.39 is 0 Å². The Morgan fingerprint density at radius 2 is 1.60 bits per heavy atom. The molecule has 0 unspecified atom stereocenters. The fourth-order valence-corrected chi connectivity index (χ4v) is 4.68. The lowest BCUT2D eigenvalue weighted by atomic mass is 9.75. The van der Waals surface area contributed by atoms with Gasteiger partial charge in [0, 0.05) is 26.3 Å². The van der Waals surface area contributed by atoms with E-state index in [9.17, 15) is 0 Å². The van der Waals surface area contributed by atoms with E-state index in [-0.39, 0.29) is 6.10 Å². The van der Waals surface area contributed by atoms with Crippen LogP contribution in [0.2, 0.25) is 0 Å². The molecule has 0 amide bonds. The first-order chi connectivity index (χ1) is 14.5. The van der Waals surface area contributed by atoms with E-state index in [2.05, 4.69) is 86.7 Å². The third-order valence-electron chi connectivity index (χ3n) is 6.31. The van der Waals surface area contributed by atoms with Gasteiger partial charge in [-0.1, -0.05) is 43.5 Å². The van der Waals surface area contributed by atoms with Crippen molar-refractivity contribution < 1.29 is 4.74 Å². The smallest absolute Gasteiger partial charge is 0.119 e. The molecule has 0 spiro atoms. The predicted octanol–water partition coefficient (Wildman–Crippen LogP) is 6.38. The van der Waals surface area contributed by atoms with Crippen LogP contribution in [-0.4, -0.2) is 26.7 Å². The second-order valence-corrected chi connectivity index (χ2v) is 9.27. The standard InChI is InChI=1S/C27H40N2O/c1-21(2)30-26-16-12-24(13-17-26)27(23-8-6-5-7-9-23)18-19-28-20-22-10-14-25(15-11-22)29(3)4/h10-17,21,23,27-28H,5-9,18-20H2,1-4H3/t27-/m1/s1. The van der Waals surface area contributed by atoms with Crippen LogP contribution in [0.25, 0.3) is 0 Å². The van der Waals surface area contributed by atoms with Gasteiger partial charge in [0.1, 0.15) is 5.75 Å². The van der Waals surface area contributed by atoms with E-state index >= 15 is 0 Å². The van der Waals surface area contributed by atoms with Gasteiger partial charge in [0.05, 0.1) is 6.10 Å². The van der Waals surface area contributed by atoms with Crippen molar-refractivity contribution >= 4 is 5.69 Å². The Morgan fingerprint density at radius 3 is 2.20 bits per heavy atom. The minimum atomic E-state index is 0.223. The van der Waals surface area contributed by atoms with Gasteiger partial charge in [0.15, 0.2) is 0 Å². The van der Waals surface area contributed by atoms with Crippen LogP contribution in [0.3, 0.4) is 0 Å². The number of benzene rings is 2. The highest BCUT2D eigenvalue weighted by Crippen LogP contribution is 2.38. The Morgan fingerprint density at radius 1 is 0.933 bits per heavy atom. The summed E-state index contributed by atoms with van der Waals surface area (Å²) in [6.07, 6.45) is 8.36. The maximum absolute atomic E-state index is 5.85. The summed E-state index contributed by atoms with van der Waals surface area (Å²) in [5, 5.41) is 3.69. The molecule has 0 aliphatic heterocycles. The average Bonchev–Trinajstić information content (AvgIpc) is 2.75. The fraction of sp³-hybridized carbons (Fsp3) is 0.556. The van der Waals surface area contributed by atoms with Crippen molar-refractivity contribution in [1.29, 1.82) is 0 Å². The zero-order chi connectivity index (χ0) is 21.3. The van der Waals surface area contributed by atoms with E-state index in [0.717, 1.165) is 24.8 Å². The molecule has 1 saturated carbocycles. The highest BCUT2D eigenvalue weighted by Gasteiger charge is 2.24. The summed E-state index contributed by atoms with van der Waals surface area (Å²) in [5.41, 5.74) is 4.08. The van der Waals surface area contributed by atoms with Gasteiger partial charge < -0.3 is 15.0 Å². The first-order valence-corrected chi connectivity index (χ1v) is 11.8. The van der Waals surface area contributed by atoms with Crippen LogP contribution in [0.1, 0.15) is 69.4 Å². The summed E-state index contributed by atoms with van der Waals surface area (Å²) < 4.78 is 5.85.